The van der Waals surface area contributed by atoms with Gasteiger partial charge in [-0.1, -0.05) is 35.3 Å². The molecular formula is C12H10Cl2Li2O6S2. The zero-order valence-corrected chi connectivity index (χ0v) is 13.7. The van der Waals surface area contributed by atoms with Crippen LogP contribution < -0.4 is 0 Å². The molecule has 0 saturated heterocycles. The molecule has 2 aromatic carbocycles. The van der Waals surface area contributed by atoms with E-state index in [1.165, 1.54) is 24.3 Å². The Bertz CT molecular complexity index is 882. The van der Waals surface area contributed by atoms with E-state index in [1.54, 1.807) is 0 Å². The standard InChI is InChI=1S/C12H8Cl2O6S2.2Li.2H/c13-7-1-3-9(11(5-7)21(15,16)17)10-4-2-8(14)6-12(10)22(18,19)20;;;;/h1-6H,(H,15,16,17)(H,18,19,20);;;;. The molecule has 0 saturated carbocycles. The first-order chi connectivity index (χ1) is 10.00. The third kappa shape index (κ3) is 5.52. The Morgan fingerprint density at radius 3 is 1.21 bits per heavy atom. The fourth-order valence-corrected chi connectivity index (χ4v) is 3.80. The van der Waals surface area contributed by atoms with Crippen molar-refractivity contribution in [1.29, 1.82) is 0 Å². The molecule has 0 atom stereocenters. The minimum absolute atomic E-state index is 0. The van der Waals surface area contributed by atoms with E-state index in [2.05, 4.69) is 0 Å². The average Bonchev–Trinajstić information content (AvgIpc) is 2.37. The molecule has 0 aliphatic heterocycles. The first-order valence-corrected chi connectivity index (χ1v) is 9.18. The molecule has 0 amide bonds. The monoisotopic (exact) mass is 398 g/mol. The van der Waals surface area contributed by atoms with Crippen LogP contribution in [0.25, 0.3) is 11.1 Å². The van der Waals surface area contributed by atoms with E-state index >= 15 is 0 Å². The summed E-state index contributed by atoms with van der Waals surface area (Å²) in [5.74, 6) is 0. The van der Waals surface area contributed by atoms with Gasteiger partial charge in [-0.15, -0.1) is 0 Å². The van der Waals surface area contributed by atoms with Crippen LogP contribution in [0.1, 0.15) is 0 Å². The van der Waals surface area contributed by atoms with Crippen molar-refractivity contribution >= 4 is 81.2 Å². The molecule has 24 heavy (non-hydrogen) atoms. The normalized spacial score (nSPS) is 11.3. The molecule has 2 N–H and O–H groups in total. The van der Waals surface area contributed by atoms with Crippen molar-refractivity contribution < 1.29 is 25.9 Å². The van der Waals surface area contributed by atoms with Crippen LogP contribution in [-0.2, 0) is 20.2 Å². The molecule has 2 rings (SSSR count). The first-order valence-electron chi connectivity index (χ1n) is 5.54. The Morgan fingerprint density at radius 2 is 0.958 bits per heavy atom. The van der Waals surface area contributed by atoms with Crippen LogP contribution in [-0.4, -0.2) is 63.7 Å². The second-order valence-corrected chi connectivity index (χ2v) is 7.88. The summed E-state index contributed by atoms with van der Waals surface area (Å²) >= 11 is 11.4. The quantitative estimate of drug-likeness (QED) is 0.603. The van der Waals surface area contributed by atoms with Crippen LogP contribution in [0.5, 0.6) is 0 Å². The Morgan fingerprint density at radius 1 is 0.667 bits per heavy atom. The van der Waals surface area contributed by atoms with Crippen LogP contribution in [0.2, 0.25) is 10.0 Å². The number of rotatable bonds is 3. The fourth-order valence-electron chi connectivity index (χ4n) is 1.86. The average molecular weight is 399 g/mol. The molecule has 0 bridgehead atoms. The predicted molar refractivity (Wildman–Crippen MR) is 95.8 cm³/mol. The molecule has 2 aromatic rings. The van der Waals surface area contributed by atoms with Crippen molar-refractivity contribution in [2.75, 3.05) is 0 Å². The molecule has 0 aliphatic rings. The Kier molecular flexibility index (Phi) is 8.63. The Balaban J connectivity index is 0.00000264. The van der Waals surface area contributed by atoms with Gasteiger partial charge in [0, 0.05) is 21.2 Å². The molecule has 0 aliphatic carbocycles. The summed E-state index contributed by atoms with van der Waals surface area (Å²) in [5.41, 5.74) is -0.285. The molecule has 0 heterocycles. The zero-order chi connectivity index (χ0) is 16.7. The van der Waals surface area contributed by atoms with E-state index in [9.17, 15) is 25.9 Å². The molecule has 122 valence electrons. The van der Waals surface area contributed by atoms with Gasteiger partial charge in [0.25, 0.3) is 20.2 Å². The van der Waals surface area contributed by atoms with Gasteiger partial charge in [0.05, 0.1) is 0 Å². The Hall–Kier alpha value is 0.0348. The molecule has 0 aromatic heterocycles. The molecule has 0 spiro atoms. The number of hydrogen-bond donors (Lipinski definition) is 2. The number of benzene rings is 2. The van der Waals surface area contributed by atoms with Crippen molar-refractivity contribution in [2.45, 2.75) is 9.79 Å². The van der Waals surface area contributed by atoms with Gasteiger partial charge in [0.15, 0.2) is 0 Å². The summed E-state index contributed by atoms with van der Waals surface area (Å²) in [4.78, 5) is -1.18. The second-order valence-electron chi connectivity index (χ2n) is 4.23. The van der Waals surface area contributed by atoms with Gasteiger partial charge in [-0.05, 0) is 24.3 Å². The van der Waals surface area contributed by atoms with Gasteiger partial charge in [0.1, 0.15) is 9.79 Å². The summed E-state index contributed by atoms with van der Waals surface area (Å²) in [5, 5.41) is 0.0532. The van der Waals surface area contributed by atoms with Gasteiger partial charge in [0.2, 0.25) is 0 Å². The van der Waals surface area contributed by atoms with Crippen LogP contribution in [0.3, 0.4) is 0 Å². The SMILES string of the molecule is O=S(=O)(O)c1cc(Cl)ccc1-c1ccc(Cl)cc1S(=O)(=O)O.[LiH].[LiH]. The molecule has 6 nitrogen and oxygen atoms in total. The van der Waals surface area contributed by atoms with Crippen LogP contribution in [0, 0.1) is 0 Å². The van der Waals surface area contributed by atoms with E-state index < -0.39 is 30.0 Å². The predicted octanol–water partition coefficient (Wildman–Crippen LogP) is 1.86. The van der Waals surface area contributed by atoms with Crippen molar-refractivity contribution in [3.05, 3.63) is 46.4 Å². The van der Waals surface area contributed by atoms with E-state index in [0.717, 1.165) is 12.1 Å². The summed E-state index contributed by atoms with van der Waals surface area (Å²) in [6, 6.07) is 6.98. The third-order valence-corrected chi connectivity index (χ3v) is 4.99. The van der Waals surface area contributed by atoms with Crippen LogP contribution in [0.4, 0.5) is 0 Å². The van der Waals surface area contributed by atoms with E-state index in [0.29, 0.717) is 0 Å². The van der Waals surface area contributed by atoms with Gasteiger partial charge in [-0.3, -0.25) is 9.11 Å². The van der Waals surface area contributed by atoms with E-state index in [4.69, 9.17) is 23.2 Å². The molecule has 0 fully saturated rings. The maximum atomic E-state index is 11.5. The van der Waals surface area contributed by atoms with Crippen LogP contribution in [0.15, 0.2) is 46.2 Å². The molecule has 12 heteroatoms. The topological polar surface area (TPSA) is 109 Å². The van der Waals surface area contributed by atoms with Crippen molar-refractivity contribution in [2.24, 2.45) is 0 Å². The van der Waals surface area contributed by atoms with Gasteiger partial charge in [-0.2, -0.15) is 16.8 Å². The van der Waals surface area contributed by atoms with Crippen molar-refractivity contribution in [3.63, 3.8) is 0 Å². The Labute approximate surface area is 173 Å². The first kappa shape index (κ1) is 24.0. The maximum absolute atomic E-state index is 11.5. The summed E-state index contributed by atoms with van der Waals surface area (Å²) in [6.45, 7) is 0. The second kappa shape index (κ2) is 8.61. The van der Waals surface area contributed by atoms with Gasteiger partial charge >= 0.3 is 37.7 Å². The van der Waals surface area contributed by atoms with Crippen molar-refractivity contribution in [3.8, 4) is 11.1 Å². The van der Waals surface area contributed by atoms with E-state index in [-0.39, 0.29) is 58.9 Å². The van der Waals surface area contributed by atoms with Gasteiger partial charge in [-0.25, -0.2) is 0 Å². The van der Waals surface area contributed by atoms with E-state index in [1.807, 2.05) is 0 Å². The van der Waals surface area contributed by atoms with Gasteiger partial charge < -0.3 is 0 Å². The van der Waals surface area contributed by atoms with Crippen molar-refractivity contribution in [1.82, 2.24) is 0 Å². The third-order valence-electron chi connectivity index (χ3n) is 2.73. The van der Waals surface area contributed by atoms with Crippen LogP contribution >= 0.6 is 23.2 Å². The molecular weight excluding hydrogens is 389 g/mol. The zero-order valence-electron chi connectivity index (χ0n) is 10.6. The summed E-state index contributed by atoms with van der Waals surface area (Å²) in [7, 11) is -9.34. The molecule has 0 unspecified atom stereocenters. The molecule has 0 radical (unpaired) electrons. The summed E-state index contributed by atoms with van der Waals surface area (Å²) < 4.78 is 64.4. The number of hydrogen-bond acceptors (Lipinski definition) is 4. The number of halogens is 2. The summed E-state index contributed by atoms with van der Waals surface area (Å²) in [6.07, 6.45) is 0. The fraction of sp³-hybridized carbons (Fsp3) is 0. The minimum atomic E-state index is -4.67.